The standard InChI is InChI=1S/C29H33ClFN7O3/c1-6-27(39)34-21-11-22(25(41-5)12-23(21)38-14-16-13-37(4)24(16)15-38)35-28-32-8-7-26(36-28)33-20-10-18(30)19(31)9-17(20)29(2,3)40/h6-12,16,24,40H,1,13-15H2,2-5H3,(H,34,39)(H2,32,33,35,36)/t16-,24?/m1/s1. The lowest BCUT2D eigenvalue weighted by Gasteiger charge is -2.40. The number of rotatable bonds is 9. The number of nitrogens with one attached hydrogen (secondary N) is 3. The van der Waals surface area contributed by atoms with Crippen molar-refractivity contribution in [2.24, 2.45) is 5.92 Å². The largest absolute Gasteiger partial charge is 0.494 e. The molecule has 1 aromatic heterocycles. The van der Waals surface area contributed by atoms with Gasteiger partial charge in [0.15, 0.2) is 0 Å². The Hall–Kier alpha value is -3.93. The highest BCUT2D eigenvalue weighted by Crippen LogP contribution is 2.42. The molecular weight excluding hydrogens is 549 g/mol. The third-order valence-corrected chi connectivity index (χ3v) is 7.77. The predicted molar refractivity (Wildman–Crippen MR) is 159 cm³/mol. The topological polar surface area (TPSA) is 115 Å². The summed E-state index contributed by atoms with van der Waals surface area (Å²) in [5.74, 6) is 0.778. The van der Waals surface area contributed by atoms with Gasteiger partial charge in [0.25, 0.3) is 0 Å². The number of aliphatic hydroxyl groups is 1. The molecule has 216 valence electrons. The molecule has 0 spiro atoms. The summed E-state index contributed by atoms with van der Waals surface area (Å²) in [5, 5.41) is 19.7. The lowest BCUT2D eigenvalue weighted by atomic mass is 9.93. The molecule has 0 aliphatic carbocycles. The molecule has 2 aliphatic heterocycles. The molecule has 2 fully saturated rings. The second-order valence-corrected chi connectivity index (χ2v) is 11.2. The van der Waals surface area contributed by atoms with Gasteiger partial charge in [-0.3, -0.25) is 4.79 Å². The maximum atomic E-state index is 14.2. The molecule has 1 amide bonds. The third kappa shape index (κ3) is 5.92. The van der Waals surface area contributed by atoms with Gasteiger partial charge in [-0.2, -0.15) is 4.98 Å². The Labute approximate surface area is 243 Å². The van der Waals surface area contributed by atoms with E-state index in [2.05, 4.69) is 49.3 Å². The lowest BCUT2D eigenvalue weighted by molar-refractivity contribution is -0.111. The van der Waals surface area contributed by atoms with E-state index in [0.717, 1.165) is 25.3 Å². The van der Waals surface area contributed by atoms with Crippen LogP contribution in [0.2, 0.25) is 5.02 Å². The number of ether oxygens (including phenoxy) is 1. The van der Waals surface area contributed by atoms with Crippen LogP contribution in [0.5, 0.6) is 5.75 Å². The quantitative estimate of drug-likeness (QED) is 0.263. The van der Waals surface area contributed by atoms with Gasteiger partial charge in [-0.25, -0.2) is 9.37 Å². The number of halogens is 2. The second kappa shape index (κ2) is 11.2. The number of carbonyl (C=O) groups excluding carboxylic acids is 1. The van der Waals surface area contributed by atoms with Gasteiger partial charge in [-0.05, 0) is 51.2 Å². The first-order chi connectivity index (χ1) is 19.5. The van der Waals surface area contributed by atoms with E-state index in [1.165, 1.54) is 18.2 Å². The van der Waals surface area contributed by atoms with Crippen molar-refractivity contribution in [3.8, 4) is 5.75 Å². The summed E-state index contributed by atoms with van der Waals surface area (Å²) in [7, 11) is 3.70. The lowest BCUT2D eigenvalue weighted by Crippen LogP contribution is -2.52. The molecule has 12 heteroatoms. The fourth-order valence-electron chi connectivity index (χ4n) is 5.38. The van der Waals surface area contributed by atoms with Crippen molar-refractivity contribution in [2.45, 2.75) is 25.5 Å². The first-order valence-electron chi connectivity index (χ1n) is 13.2. The van der Waals surface area contributed by atoms with Crippen LogP contribution < -0.4 is 25.6 Å². The van der Waals surface area contributed by atoms with Crippen LogP contribution in [0.25, 0.3) is 0 Å². The van der Waals surface area contributed by atoms with Gasteiger partial charge in [-0.15, -0.1) is 0 Å². The van der Waals surface area contributed by atoms with Crippen molar-refractivity contribution in [1.29, 1.82) is 0 Å². The molecule has 5 rings (SSSR count). The minimum absolute atomic E-state index is 0.0931. The van der Waals surface area contributed by atoms with Crippen LogP contribution in [-0.2, 0) is 10.4 Å². The molecule has 0 saturated carbocycles. The number of hydrogen-bond acceptors (Lipinski definition) is 9. The zero-order valence-electron chi connectivity index (χ0n) is 23.3. The summed E-state index contributed by atoms with van der Waals surface area (Å²) in [6.45, 7) is 9.48. The molecule has 3 aromatic rings. The number of aromatic nitrogens is 2. The number of hydrogen-bond donors (Lipinski definition) is 4. The first-order valence-corrected chi connectivity index (χ1v) is 13.5. The van der Waals surface area contributed by atoms with Gasteiger partial charge in [0.2, 0.25) is 11.9 Å². The Kier molecular flexibility index (Phi) is 7.78. The molecular formula is C29H33ClFN7O3. The molecule has 3 heterocycles. The molecule has 10 nitrogen and oxygen atoms in total. The van der Waals surface area contributed by atoms with Crippen molar-refractivity contribution < 1.29 is 19.0 Å². The average Bonchev–Trinajstić information content (AvgIpc) is 3.27. The Balaban J connectivity index is 1.45. The van der Waals surface area contributed by atoms with Crippen molar-refractivity contribution in [1.82, 2.24) is 14.9 Å². The first kappa shape index (κ1) is 28.6. The summed E-state index contributed by atoms with van der Waals surface area (Å²) < 4.78 is 19.9. The number of benzene rings is 2. The van der Waals surface area contributed by atoms with E-state index in [9.17, 15) is 14.3 Å². The van der Waals surface area contributed by atoms with Crippen LogP contribution in [0, 0.1) is 11.7 Å². The Morgan fingerprint density at radius 3 is 2.63 bits per heavy atom. The second-order valence-electron chi connectivity index (χ2n) is 10.8. The number of anilines is 6. The molecule has 2 aliphatic rings. The summed E-state index contributed by atoms with van der Waals surface area (Å²) >= 11 is 6.02. The van der Waals surface area contributed by atoms with Gasteiger partial charge in [0.05, 0.1) is 34.8 Å². The van der Waals surface area contributed by atoms with Crippen LogP contribution in [0.3, 0.4) is 0 Å². The number of carbonyl (C=O) groups is 1. The molecule has 1 unspecified atom stereocenters. The molecule has 0 radical (unpaired) electrons. The summed E-state index contributed by atoms with van der Waals surface area (Å²) in [6.07, 6.45) is 2.77. The predicted octanol–water partition coefficient (Wildman–Crippen LogP) is 4.87. The van der Waals surface area contributed by atoms with Crippen molar-refractivity contribution >= 4 is 52.0 Å². The van der Waals surface area contributed by atoms with E-state index < -0.39 is 11.4 Å². The van der Waals surface area contributed by atoms with Gasteiger partial charge >= 0.3 is 0 Å². The molecule has 0 bridgehead atoms. The molecule has 4 N–H and O–H groups in total. The fourth-order valence-corrected chi connectivity index (χ4v) is 5.55. The van der Waals surface area contributed by atoms with E-state index in [1.54, 1.807) is 39.3 Å². The van der Waals surface area contributed by atoms with E-state index in [0.29, 0.717) is 46.2 Å². The van der Waals surface area contributed by atoms with Gasteiger partial charge in [0.1, 0.15) is 17.4 Å². The number of likely N-dealkylation sites (tertiary alicyclic amines) is 1. The molecule has 2 aromatic carbocycles. The van der Waals surface area contributed by atoms with Gasteiger partial charge in [0, 0.05) is 55.1 Å². The zero-order chi connectivity index (χ0) is 29.5. The van der Waals surface area contributed by atoms with Gasteiger partial charge in [-0.1, -0.05) is 18.2 Å². The summed E-state index contributed by atoms with van der Waals surface area (Å²) in [5.41, 5.74) is 1.37. The average molecular weight is 582 g/mol. The smallest absolute Gasteiger partial charge is 0.247 e. The highest BCUT2D eigenvalue weighted by Gasteiger charge is 2.44. The highest BCUT2D eigenvalue weighted by atomic mass is 35.5. The Morgan fingerprint density at radius 2 is 1.98 bits per heavy atom. The number of likely N-dealkylation sites (N-methyl/N-ethyl adjacent to an activating group) is 1. The number of fused-ring (bicyclic) bond motifs is 1. The van der Waals surface area contributed by atoms with Crippen LogP contribution in [0.1, 0.15) is 19.4 Å². The third-order valence-electron chi connectivity index (χ3n) is 7.48. The van der Waals surface area contributed by atoms with Crippen molar-refractivity contribution in [3.63, 3.8) is 0 Å². The monoisotopic (exact) mass is 581 g/mol. The minimum Gasteiger partial charge on any atom is -0.494 e. The Bertz CT molecular complexity index is 1500. The maximum absolute atomic E-state index is 14.2. The van der Waals surface area contributed by atoms with E-state index >= 15 is 0 Å². The summed E-state index contributed by atoms with van der Waals surface area (Å²) in [4.78, 5) is 25.8. The van der Waals surface area contributed by atoms with E-state index in [4.69, 9.17) is 16.3 Å². The van der Waals surface area contributed by atoms with E-state index in [1.807, 2.05) is 6.07 Å². The number of methoxy groups -OCH3 is 1. The SMILES string of the molecule is C=CC(=O)Nc1cc(Nc2nccc(Nc3cc(Cl)c(F)cc3C(C)(C)O)n2)c(OC)cc1N1CC2[C@@H](C1)CN2C. The Morgan fingerprint density at radius 1 is 1.20 bits per heavy atom. The van der Waals surface area contributed by atoms with Crippen LogP contribution in [0.15, 0.2) is 49.2 Å². The summed E-state index contributed by atoms with van der Waals surface area (Å²) in [6, 6.07) is 8.39. The zero-order valence-corrected chi connectivity index (χ0v) is 24.1. The maximum Gasteiger partial charge on any atom is 0.247 e. The van der Waals surface area contributed by atoms with Crippen LogP contribution in [-0.4, -0.2) is 65.7 Å². The number of nitrogens with zero attached hydrogens (tertiary/aromatic N) is 4. The molecule has 2 atom stereocenters. The molecule has 41 heavy (non-hydrogen) atoms. The highest BCUT2D eigenvalue weighted by molar-refractivity contribution is 6.31. The fraction of sp³-hybridized carbons (Fsp3) is 0.345. The number of amides is 1. The van der Waals surface area contributed by atoms with Crippen molar-refractivity contribution in [2.75, 3.05) is 54.6 Å². The van der Waals surface area contributed by atoms with Crippen LogP contribution in [0.4, 0.5) is 38.9 Å². The van der Waals surface area contributed by atoms with E-state index in [-0.39, 0.29) is 16.9 Å². The van der Waals surface area contributed by atoms with Gasteiger partial charge < -0.3 is 35.6 Å². The molecule has 2 saturated heterocycles. The normalized spacial score (nSPS) is 18.4. The van der Waals surface area contributed by atoms with Crippen LogP contribution >= 0.6 is 11.6 Å². The van der Waals surface area contributed by atoms with Crippen molar-refractivity contribution in [3.05, 3.63) is 65.6 Å². The minimum atomic E-state index is -1.34.